The molecule has 0 saturated carbocycles. The highest BCUT2D eigenvalue weighted by molar-refractivity contribution is 9.10. The van der Waals surface area contributed by atoms with Gasteiger partial charge in [0.1, 0.15) is 0 Å². The second-order valence-electron chi connectivity index (χ2n) is 5.13. The number of fused-ring (bicyclic) bond motifs is 1. The summed E-state index contributed by atoms with van der Waals surface area (Å²) in [6.07, 6.45) is 0. The molecule has 108 valence electrons. The van der Waals surface area contributed by atoms with Gasteiger partial charge in [-0.1, -0.05) is 53.2 Å². The van der Waals surface area contributed by atoms with E-state index in [1.165, 1.54) is 31.2 Å². The van der Waals surface area contributed by atoms with Crippen molar-refractivity contribution in [3.8, 4) is 0 Å². The van der Waals surface area contributed by atoms with Crippen LogP contribution in [0.25, 0.3) is 10.1 Å². The molecule has 0 saturated heterocycles. The highest BCUT2D eigenvalue weighted by Gasteiger charge is 2.18. The van der Waals surface area contributed by atoms with Gasteiger partial charge in [-0.25, -0.2) is 0 Å². The van der Waals surface area contributed by atoms with Gasteiger partial charge in [-0.15, -0.1) is 11.3 Å². The molecule has 3 aromatic rings. The third-order valence-corrected chi connectivity index (χ3v) is 5.69. The second-order valence-corrected chi connectivity index (χ2v) is 6.90. The molecule has 0 aliphatic rings. The van der Waals surface area contributed by atoms with Gasteiger partial charge in [-0.05, 0) is 53.1 Å². The van der Waals surface area contributed by atoms with E-state index in [0.29, 0.717) is 0 Å². The molecule has 0 fully saturated rings. The minimum Gasteiger partial charge on any atom is -0.306 e. The molecule has 0 aliphatic carbocycles. The fourth-order valence-corrected chi connectivity index (χ4v) is 4.10. The van der Waals surface area contributed by atoms with Crippen LogP contribution in [0.15, 0.2) is 52.3 Å². The number of hydrogen-bond acceptors (Lipinski definition) is 2. The van der Waals surface area contributed by atoms with Gasteiger partial charge in [0.15, 0.2) is 0 Å². The molecule has 21 heavy (non-hydrogen) atoms. The van der Waals surface area contributed by atoms with Crippen LogP contribution in [-0.2, 0) is 0 Å². The number of halogens is 1. The predicted octanol–water partition coefficient (Wildman–Crippen LogP) is 5.67. The van der Waals surface area contributed by atoms with Gasteiger partial charge in [0.05, 0.1) is 6.04 Å². The molecule has 3 rings (SSSR count). The molecule has 1 unspecified atom stereocenters. The zero-order valence-electron chi connectivity index (χ0n) is 12.2. The van der Waals surface area contributed by atoms with E-state index in [2.05, 4.69) is 82.9 Å². The van der Waals surface area contributed by atoms with Crippen LogP contribution < -0.4 is 5.32 Å². The third-order valence-electron chi connectivity index (χ3n) is 3.85. The monoisotopic (exact) mass is 359 g/mol. The molecule has 1 N–H and O–H groups in total. The van der Waals surface area contributed by atoms with Crippen molar-refractivity contribution in [3.05, 3.63) is 69.0 Å². The minimum absolute atomic E-state index is 0.231. The molecular formula is C18H18BrNS. The highest BCUT2D eigenvalue weighted by atomic mass is 79.9. The lowest BCUT2D eigenvalue weighted by Gasteiger charge is -2.22. The van der Waals surface area contributed by atoms with Gasteiger partial charge in [0, 0.05) is 9.17 Å². The van der Waals surface area contributed by atoms with E-state index < -0.39 is 0 Å². The van der Waals surface area contributed by atoms with E-state index in [-0.39, 0.29) is 6.04 Å². The van der Waals surface area contributed by atoms with Crippen LogP contribution in [0.1, 0.15) is 29.7 Å². The Hall–Kier alpha value is -1.16. The summed E-state index contributed by atoms with van der Waals surface area (Å²) in [4.78, 5) is 0. The van der Waals surface area contributed by atoms with Crippen LogP contribution in [0.2, 0.25) is 0 Å². The standard InChI is InChI=1S/C18H18BrNS/c1-3-20-17(14-7-5-9-16(19)12(14)2)15-8-4-6-13-10-11-21-18(13)15/h4-11,17,20H,3H2,1-2H3. The van der Waals surface area contributed by atoms with Crippen molar-refractivity contribution in [3.63, 3.8) is 0 Å². The molecule has 0 radical (unpaired) electrons. The SMILES string of the molecule is CCNC(c1cccc(Br)c1C)c1cccc2ccsc12. The molecule has 2 aromatic carbocycles. The van der Waals surface area contributed by atoms with Crippen molar-refractivity contribution in [1.29, 1.82) is 0 Å². The van der Waals surface area contributed by atoms with Crippen LogP contribution in [-0.4, -0.2) is 6.54 Å². The summed E-state index contributed by atoms with van der Waals surface area (Å²) in [5.41, 5.74) is 4.01. The molecule has 0 bridgehead atoms. The summed E-state index contributed by atoms with van der Waals surface area (Å²) in [5.74, 6) is 0. The van der Waals surface area contributed by atoms with Gasteiger partial charge in [0.25, 0.3) is 0 Å². The second kappa shape index (κ2) is 6.30. The fourth-order valence-electron chi connectivity index (χ4n) is 2.77. The Balaban J connectivity index is 2.18. The number of benzene rings is 2. The zero-order valence-corrected chi connectivity index (χ0v) is 14.6. The Kier molecular flexibility index (Phi) is 4.43. The normalized spacial score (nSPS) is 12.7. The number of nitrogens with one attached hydrogen (secondary N) is 1. The summed E-state index contributed by atoms with van der Waals surface area (Å²) < 4.78 is 2.55. The predicted molar refractivity (Wildman–Crippen MR) is 96.2 cm³/mol. The van der Waals surface area contributed by atoms with Crippen molar-refractivity contribution in [2.45, 2.75) is 19.9 Å². The largest absolute Gasteiger partial charge is 0.306 e. The Morgan fingerprint density at radius 3 is 2.67 bits per heavy atom. The van der Waals surface area contributed by atoms with Crippen molar-refractivity contribution in [2.24, 2.45) is 0 Å². The maximum absolute atomic E-state index is 3.66. The van der Waals surface area contributed by atoms with Gasteiger partial charge < -0.3 is 5.32 Å². The molecule has 3 heteroatoms. The topological polar surface area (TPSA) is 12.0 Å². The number of thiophene rings is 1. The van der Waals surface area contributed by atoms with Crippen LogP contribution in [0.3, 0.4) is 0 Å². The summed E-state index contributed by atoms with van der Waals surface area (Å²) in [6.45, 7) is 5.28. The average Bonchev–Trinajstić information content (AvgIpc) is 2.97. The molecule has 0 aliphatic heterocycles. The van der Waals surface area contributed by atoms with E-state index in [1.807, 2.05) is 11.3 Å². The first-order valence-electron chi connectivity index (χ1n) is 7.17. The summed E-state index contributed by atoms with van der Waals surface area (Å²) in [5, 5.41) is 7.15. The minimum atomic E-state index is 0.231. The first-order valence-corrected chi connectivity index (χ1v) is 8.84. The Labute approximate surface area is 138 Å². The first-order chi connectivity index (χ1) is 10.2. The lowest BCUT2D eigenvalue weighted by molar-refractivity contribution is 0.631. The van der Waals surface area contributed by atoms with Crippen LogP contribution in [0, 0.1) is 6.92 Å². The summed E-state index contributed by atoms with van der Waals surface area (Å²) in [6, 6.07) is 15.5. The first kappa shape index (κ1) is 14.8. The molecule has 1 nitrogen and oxygen atoms in total. The average molecular weight is 360 g/mol. The van der Waals surface area contributed by atoms with Crippen molar-refractivity contribution in [1.82, 2.24) is 5.32 Å². The Morgan fingerprint density at radius 2 is 1.86 bits per heavy atom. The molecule has 1 atom stereocenters. The Bertz CT molecular complexity index is 763. The Morgan fingerprint density at radius 1 is 1.10 bits per heavy atom. The molecule has 1 heterocycles. The maximum atomic E-state index is 3.66. The van der Waals surface area contributed by atoms with Gasteiger partial charge in [-0.2, -0.15) is 0 Å². The van der Waals surface area contributed by atoms with E-state index in [1.54, 1.807) is 0 Å². The lowest BCUT2D eigenvalue weighted by Crippen LogP contribution is -2.23. The van der Waals surface area contributed by atoms with Crippen molar-refractivity contribution < 1.29 is 0 Å². The van der Waals surface area contributed by atoms with Crippen molar-refractivity contribution in [2.75, 3.05) is 6.54 Å². The van der Waals surface area contributed by atoms with Gasteiger partial charge in [0.2, 0.25) is 0 Å². The van der Waals surface area contributed by atoms with Crippen LogP contribution >= 0.6 is 27.3 Å². The summed E-state index contributed by atoms with van der Waals surface area (Å²) in [7, 11) is 0. The van der Waals surface area contributed by atoms with E-state index in [9.17, 15) is 0 Å². The van der Waals surface area contributed by atoms with E-state index in [0.717, 1.165) is 6.54 Å². The molecular weight excluding hydrogens is 342 g/mol. The van der Waals surface area contributed by atoms with E-state index >= 15 is 0 Å². The van der Waals surface area contributed by atoms with Gasteiger partial charge in [-0.3, -0.25) is 0 Å². The van der Waals surface area contributed by atoms with Crippen LogP contribution in [0.4, 0.5) is 0 Å². The number of rotatable bonds is 4. The third kappa shape index (κ3) is 2.78. The molecule has 1 aromatic heterocycles. The quantitative estimate of drug-likeness (QED) is 0.632. The lowest BCUT2D eigenvalue weighted by atomic mass is 9.94. The van der Waals surface area contributed by atoms with Crippen molar-refractivity contribution >= 4 is 37.4 Å². The molecule has 0 amide bonds. The zero-order chi connectivity index (χ0) is 14.8. The smallest absolute Gasteiger partial charge is 0.0593 e. The number of hydrogen-bond donors (Lipinski definition) is 1. The summed E-state index contributed by atoms with van der Waals surface area (Å²) >= 11 is 5.48. The maximum Gasteiger partial charge on any atom is 0.0593 e. The van der Waals surface area contributed by atoms with E-state index in [4.69, 9.17) is 0 Å². The van der Waals surface area contributed by atoms with Crippen LogP contribution in [0.5, 0.6) is 0 Å². The highest BCUT2D eigenvalue weighted by Crippen LogP contribution is 2.35. The van der Waals surface area contributed by atoms with Gasteiger partial charge >= 0.3 is 0 Å². The fraction of sp³-hybridized carbons (Fsp3) is 0.222. The molecule has 0 spiro atoms.